The van der Waals surface area contributed by atoms with Crippen molar-refractivity contribution in [3.8, 4) is 0 Å². The molecule has 29 heavy (non-hydrogen) atoms. The third kappa shape index (κ3) is 4.38. The summed E-state index contributed by atoms with van der Waals surface area (Å²) in [6.45, 7) is 0.212. The molecule has 6 nitrogen and oxygen atoms in total. The summed E-state index contributed by atoms with van der Waals surface area (Å²) in [5.74, 6) is 1.04. The zero-order valence-corrected chi connectivity index (χ0v) is 17.3. The van der Waals surface area contributed by atoms with Crippen LogP contribution in [0.15, 0.2) is 69.1 Å². The molecule has 1 N–H and O–H groups in total. The van der Waals surface area contributed by atoms with E-state index in [1.165, 1.54) is 0 Å². The highest BCUT2D eigenvalue weighted by molar-refractivity contribution is 7.98. The fourth-order valence-electron chi connectivity index (χ4n) is 2.94. The number of nitrogens with zero attached hydrogens (tertiary/aromatic N) is 3. The Hall–Kier alpha value is -2.97. The minimum absolute atomic E-state index is 0.123. The van der Waals surface area contributed by atoms with Gasteiger partial charge in [-0.2, -0.15) is 0 Å². The number of nitrogens with one attached hydrogen (secondary N) is 1. The first kappa shape index (κ1) is 19.4. The summed E-state index contributed by atoms with van der Waals surface area (Å²) in [7, 11) is 1.71. The van der Waals surface area contributed by atoms with Crippen molar-refractivity contribution < 1.29 is 4.79 Å². The summed E-state index contributed by atoms with van der Waals surface area (Å²) in [5.41, 5.74) is 3.84. The van der Waals surface area contributed by atoms with Gasteiger partial charge in [-0.25, -0.2) is 9.97 Å². The molecule has 0 unspecified atom stereocenters. The van der Waals surface area contributed by atoms with Crippen molar-refractivity contribution in [3.63, 3.8) is 0 Å². The summed E-state index contributed by atoms with van der Waals surface area (Å²) in [5, 5.41) is 2.54. The molecule has 8 heteroatoms. The lowest BCUT2D eigenvalue weighted by Crippen LogP contribution is -2.28. The monoisotopic (exact) mass is 422 g/mol. The molecule has 4 aromatic rings. The predicted molar refractivity (Wildman–Crippen MR) is 116 cm³/mol. The molecule has 2 heterocycles. The van der Waals surface area contributed by atoms with E-state index < -0.39 is 0 Å². The number of thioether (sulfide) groups is 1. The third-order valence-electron chi connectivity index (χ3n) is 4.37. The maximum absolute atomic E-state index is 13.1. The topological polar surface area (TPSA) is 79.0 Å². The van der Waals surface area contributed by atoms with Crippen molar-refractivity contribution in [3.05, 3.63) is 86.9 Å². The number of H-pyrrole nitrogens is 1. The quantitative estimate of drug-likeness (QED) is 0.476. The molecule has 0 spiro atoms. The van der Waals surface area contributed by atoms with E-state index >= 15 is 0 Å². The summed E-state index contributed by atoms with van der Waals surface area (Å²) in [6, 6.07) is 14.7. The predicted octanol–water partition coefficient (Wildman–Crippen LogP) is 3.94. The van der Waals surface area contributed by atoms with Gasteiger partial charge in [0.15, 0.2) is 0 Å². The van der Waals surface area contributed by atoms with Gasteiger partial charge in [0.2, 0.25) is 0 Å². The minimum atomic E-state index is -0.203. The maximum atomic E-state index is 13.1. The lowest BCUT2D eigenvalue weighted by molar-refractivity contribution is 0.0778. The second kappa shape index (κ2) is 8.59. The molecule has 4 rings (SSSR count). The molecule has 0 bridgehead atoms. The van der Waals surface area contributed by atoms with E-state index in [9.17, 15) is 9.59 Å². The summed E-state index contributed by atoms with van der Waals surface area (Å²) in [6.07, 6.45) is 0. The second-order valence-corrected chi connectivity index (χ2v) is 8.19. The Labute approximate surface area is 175 Å². The van der Waals surface area contributed by atoms with Gasteiger partial charge in [-0.3, -0.25) is 9.59 Å². The molecule has 2 aromatic heterocycles. The summed E-state index contributed by atoms with van der Waals surface area (Å²) in [4.78, 5) is 39.3. The molecular formula is C21H18N4O2S2. The first-order chi connectivity index (χ1) is 14.1. The smallest absolute Gasteiger partial charge is 0.258 e. The number of aromatic nitrogens is 3. The third-order valence-corrected chi connectivity index (χ3v) is 6.11. The normalized spacial score (nSPS) is 10.9. The van der Waals surface area contributed by atoms with Crippen molar-refractivity contribution in [2.75, 3.05) is 7.05 Å². The van der Waals surface area contributed by atoms with E-state index in [4.69, 9.17) is 0 Å². The summed E-state index contributed by atoms with van der Waals surface area (Å²) < 4.78 is 0. The number of para-hydroxylation sites is 1. The average Bonchev–Trinajstić information content (AvgIpc) is 3.25. The number of thiazole rings is 1. The zero-order chi connectivity index (χ0) is 20.2. The summed E-state index contributed by atoms with van der Waals surface area (Å²) >= 11 is 3.14. The van der Waals surface area contributed by atoms with Crippen LogP contribution in [0.2, 0.25) is 0 Å². The molecule has 0 saturated heterocycles. The highest BCUT2D eigenvalue weighted by Crippen LogP contribution is 2.27. The lowest BCUT2D eigenvalue weighted by atomic mass is 10.2. The van der Waals surface area contributed by atoms with Gasteiger partial charge in [-0.15, -0.1) is 23.1 Å². The Bertz CT molecular complexity index is 1200. The van der Waals surface area contributed by atoms with E-state index in [2.05, 4.69) is 15.0 Å². The number of rotatable bonds is 6. The number of carbonyl (C=O) groups is 1. The van der Waals surface area contributed by atoms with E-state index in [-0.39, 0.29) is 18.0 Å². The van der Waals surface area contributed by atoms with Gasteiger partial charge in [0.05, 0.1) is 34.2 Å². The van der Waals surface area contributed by atoms with Crippen LogP contribution >= 0.6 is 23.1 Å². The fraction of sp³-hybridized carbons (Fsp3) is 0.143. The van der Waals surface area contributed by atoms with E-state index in [0.29, 0.717) is 28.0 Å². The van der Waals surface area contributed by atoms with Crippen molar-refractivity contribution in [2.45, 2.75) is 17.2 Å². The molecule has 0 atom stereocenters. The number of amides is 1. The SMILES string of the molecule is CN(Cc1nc2ccccc2c(=O)[nH]1)C(=O)c1ccccc1SCc1cscn1. The van der Waals surface area contributed by atoms with E-state index in [0.717, 1.165) is 10.6 Å². The second-order valence-electron chi connectivity index (χ2n) is 6.46. The Kier molecular flexibility index (Phi) is 5.73. The van der Waals surface area contributed by atoms with Crippen LogP contribution in [-0.2, 0) is 12.3 Å². The first-order valence-electron chi connectivity index (χ1n) is 8.94. The van der Waals surface area contributed by atoms with Crippen LogP contribution in [0.4, 0.5) is 0 Å². The maximum Gasteiger partial charge on any atom is 0.258 e. The first-order valence-corrected chi connectivity index (χ1v) is 10.9. The van der Waals surface area contributed by atoms with Crippen LogP contribution in [0, 0.1) is 0 Å². The van der Waals surface area contributed by atoms with Crippen molar-refractivity contribution >= 4 is 39.9 Å². The molecule has 0 aliphatic carbocycles. The lowest BCUT2D eigenvalue weighted by Gasteiger charge is -2.18. The van der Waals surface area contributed by atoms with Crippen LogP contribution in [-0.4, -0.2) is 32.8 Å². The van der Waals surface area contributed by atoms with Gasteiger partial charge in [0.25, 0.3) is 11.5 Å². The van der Waals surface area contributed by atoms with Crippen LogP contribution in [0.5, 0.6) is 0 Å². The van der Waals surface area contributed by atoms with Crippen molar-refractivity contribution in [1.29, 1.82) is 0 Å². The highest BCUT2D eigenvalue weighted by Gasteiger charge is 2.17. The zero-order valence-electron chi connectivity index (χ0n) is 15.7. The molecule has 0 fully saturated rings. The molecule has 146 valence electrons. The van der Waals surface area contributed by atoms with Gasteiger partial charge >= 0.3 is 0 Å². The number of benzene rings is 2. The van der Waals surface area contributed by atoms with Crippen LogP contribution in [0.3, 0.4) is 0 Å². The fourth-order valence-corrected chi connectivity index (χ4v) is 4.55. The van der Waals surface area contributed by atoms with Gasteiger partial charge < -0.3 is 9.88 Å². The molecular weight excluding hydrogens is 404 g/mol. The molecule has 0 saturated carbocycles. The number of hydrogen-bond donors (Lipinski definition) is 1. The van der Waals surface area contributed by atoms with Crippen LogP contribution in [0.25, 0.3) is 10.9 Å². The number of hydrogen-bond acceptors (Lipinski definition) is 6. The van der Waals surface area contributed by atoms with Gasteiger partial charge in [-0.1, -0.05) is 24.3 Å². The molecule has 0 aliphatic rings. The Morgan fingerprint density at radius 3 is 2.79 bits per heavy atom. The molecule has 1 amide bonds. The van der Waals surface area contributed by atoms with Crippen molar-refractivity contribution in [1.82, 2.24) is 19.9 Å². The molecule has 0 aliphatic heterocycles. The number of carbonyl (C=O) groups excluding carboxylic acids is 1. The number of fused-ring (bicyclic) bond motifs is 1. The highest BCUT2D eigenvalue weighted by atomic mass is 32.2. The molecule has 0 radical (unpaired) electrons. The van der Waals surface area contributed by atoms with E-state index in [1.807, 2.05) is 35.7 Å². The Morgan fingerprint density at radius 2 is 1.97 bits per heavy atom. The Balaban J connectivity index is 1.53. The number of aromatic amines is 1. The van der Waals surface area contributed by atoms with Crippen LogP contribution < -0.4 is 5.56 Å². The van der Waals surface area contributed by atoms with Crippen LogP contribution in [0.1, 0.15) is 21.9 Å². The largest absolute Gasteiger partial charge is 0.334 e. The minimum Gasteiger partial charge on any atom is -0.334 e. The standard InChI is InChI=1S/C21H18N4O2S2/c1-25(10-19-23-17-8-4-2-6-15(17)20(26)24-19)21(27)16-7-3-5-9-18(16)29-12-14-11-28-13-22-14/h2-9,11,13H,10,12H2,1H3,(H,23,24,26). The van der Waals surface area contributed by atoms with E-state index in [1.54, 1.807) is 58.8 Å². The van der Waals surface area contributed by atoms with Gasteiger partial charge in [0, 0.05) is 23.1 Å². The average molecular weight is 423 g/mol. The Morgan fingerprint density at radius 1 is 1.17 bits per heavy atom. The van der Waals surface area contributed by atoms with Crippen molar-refractivity contribution in [2.24, 2.45) is 0 Å². The molecule has 2 aromatic carbocycles. The van der Waals surface area contributed by atoms with Gasteiger partial charge in [-0.05, 0) is 24.3 Å². The van der Waals surface area contributed by atoms with Gasteiger partial charge in [0.1, 0.15) is 5.82 Å².